The van der Waals surface area contributed by atoms with E-state index in [1.807, 2.05) is 0 Å². The van der Waals surface area contributed by atoms with Gasteiger partial charge in [0.1, 0.15) is 17.9 Å². The number of aryl methyl sites for hydroxylation is 1. The van der Waals surface area contributed by atoms with Crippen LogP contribution in [0, 0.1) is 6.92 Å². The monoisotopic (exact) mass is 364 g/mol. The first-order valence-electron chi connectivity index (χ1n) is 6.13. The highest BCUT2D eigenvalue weighted by Gasteiger charge is 2.16. The van der Waals surface area contributed by atoms with Crippen molar-refractivity contribution in [1.29, 1.82) is 0 Å². The maximum atomic E-state index is 11.6. The summed E-state index contributed by atoms with van der Waals surface area (Å²) in [6, 6.07) is 3.16. The average Bonchev–Trinajstić information content (AvgIpc) is 2.30. The lowest BCUT2D eigenvalue weighted by molar-refractivity contribution is 0.0692. The van der Waals surface area contributed by atoms with Gasteiger partial charge in [0, 0.05) is 4.47 Å². The van der Waals surface area contributed by atoms with Crippen LogP contribution in [-0.2, 0) is 9.84 Å². The molecular weight excluding hydrogens is 348 g/mol. The van der Waals surface area contributed by atoms with Crippen molar-refractivity contribution in [2.75, 3.05) is 18.1 Å². The number of aromatic carboxylic acids is 1. The van der Waals surface area contributed by atoms with Crippen molar-refractivity contribution in [3.8, 4) is 5.75 Å². The second kappa shape index (κ2) is 7.08. The van der Waals surface area contributed by atoms with Crippen molar-refractivity contribution < 1.29 is 23.1 Å². The van der Waals surface area contributed by atoms with E-state index in [2.05, 4.69) is 15.9 Å². The molecule has 112 valence electrons. The zero-order valence-electron chi connectivity index (χ0n) is 11.3. The Hall–Kier alpha value is -1.08. The van der Waals surface area contributed by atoms with Gasteiger partial charge in [0.15, 0.2) is 9.84 Å². The van der Waals surface area contributed by atoms with Crippen LogP contribution >= 0.6 is 15.9 Å². The van der Waals surface area contributed by atoms with Crippen molar-refractivity contribution >= 4 is 31.7 Å². The van der Waals surface area contributed by atoms with E-state index in [1.54, 1.807) is 19.9 Å². The number of carboxylic acid groups (broad SMARTS) is 1. The zero-order chi connectivity index (χ0) is 15.3. The Balaban J connectivity index is 2.86. The van der Waals surface area contributed by atoms with E-state index >= 15 is 0 Å². The summed E-state index contributed by atoms with van der Waals surface area (Å²) < 4.78 is 29.2. The smallest absolute Gasteiger partial charge is 0.339 e. The number of sulfone groups is 1. The Kier molecular flexibility index (Phi) is 6.01. The molecule has 5 nitrogen and oxygen atoms in total. The van der Waals surface area contributed by atoms with Crippen molar-refractivity contribution in [2.24, 2.45) is 0 Å². The van der Waals surface area contributed by atoms with E-state index in [-0.39, 0.29) is 29.4 Å². The second-order valence-electron chi connectivity index (χ2n) is 4.40. The molecule has 0 heterocycles. The molecule has 0 saturated heterocycles. The lowest BCUT2D eigenvalue weighted by Crippen LogP contribution is -2.18. The highest BCUT2D eigenvalue weighted by atomic mass is 79.9. The minimum atomic E-state index is -3.14. The molecule has 7 heteroatoms. The molecule has 0 atom stereocenters. The summed E-state index contributed by atoms with van der Waals surface area (Å²) in [5.74, 6) is -0.898. The van der Waals surface area contributed by atoms with Gasteiger partial charge in [0.2, 0.25) is 0 Å². The van der Waals surface area contributed by atoms with Gasteiger partial charge in [0.05, 0.1) is 11.5 Å². The van der Waals surface area contributed by atoms with Gasteiger partial charge in [0.25, 0.3) is 0 Å². The Labute approximate surface area is 127 Å². The topological polar surface area (TPSA) is 80.7 Å². The normalized spacial score (nSPS) is 11.3. The fraction of sp³-hybridized carbons (Fsp3) is 0.462. The molecule has 0 saturated carbocycles. The van der Waals surface area contributed by atoms with E-state index in [0.29, 0.717) is 16.5 Å². The second-order valence-corrected chi connectivity index (χ2v) is 7.62. The predicted molar refractivity (Wildman–Crippen MR) is 80.3 cm³/mol. The van der Waals surface area contributed by atoms with E-state index < -0.39 is 15.8 Å². The molecule has 0 bridgehead atoms. The third-order valence-electron chi connectivity index (χ3n) is 2.63. The van der Waals surface area contributed by atoms with Crippen LogP contribution in [0.5, 0.6) is 5.75 Å². The van der Waals surface area contributed by atoms with Crippen molar-refractivity contribution in [1.82, 2.24) is 0 Å². The van der Waals surface area contributed by atoms with Crippen LogP contribution < -0.4 is 4.74 Å². The quantitative estimate of drug-likeness (QED) is 0.804. The predicted octanol–water partition coefficient (Wildman–Crippen LogP) is 2.66. The number of ether oxygens (including phenoxy) is 1. The van der Waals surface area contributed by atoms with Gasteiger partial charge in [-0.2, -0.15) is 0 Å². The highest BCUT2D eigenvalue weighted by molar-refractivity contribution is 9.10. The molecule has 0 aliphatic carbocycles. The van der Waals surface area contributed by atoms with Crippen LogP contribution in [-0.4, -0.2) is 37.6 Å². The molecule has 1 rings (SSSR count). The number of rotatable bonds is 7. The summed E-state index contributed by atoms with van der Waals surface area (Å²) >= 11 is 3.22. The molecule has 1 aromatic rings. The summed E-state index contributed by atoms with van der Waals surface area (Å²) in [6.07, 6.45) is 0.556. The molecule has 0 spiro atoms. The number of carboxylic acids is 1. The van der Waals surface area contributed by atoms with Crippen LogP contribution in [0.25, 0.3) is 0 Å². The van der Waals surface area contributed by atoms with Crippen molar-refractivity contribution in [3.63, 3.8) is 0 Å². The third kappa shape index (κ3) is 4.79. The Bertz CT molecular complexity index is 595. The standard InChI is InChI=1S/C13H17BrO5S/c1-3-5-20(17,18)6-4-19-12-9(2)7-10(14)8-11(12)13(15)16/h7-8H,3-6H2,1-2H3,(H,15,16). The van der Waals surface area contributed by atoms with E-state index in [1.165, 1.54) is 6.07 Å². The summed E-state index contributed by atoms with van der Waals surface area (Å²) in [6.45, 7) is 3.46. The molecule has 0 aliphatic heterocycles. The van der Waals surface area contributed by atoms with Gasteiger partial charge < -0.3 is 9.84 Å². The fourth-order valence-electron chi connectivity index (χ4n) is 1.76. The number of halogens is 1. The van der Waals surface area contributed by atoms with E-state index in [9.17, 15) is 13.2 Å². The van der Waals surface area contributed by atoms with Gasteiger partial charge >= 0.3 is 5.97 Å². The number of hydrogen-bond acceptors (Lipinski definition) is 4. The van der Waals surface area contributed by atoms with Gasteiger partial charge in [-0.1, -0.05) is 22.9 Å². The molecule has 0 radical (unpaired) electrons. The molecule has 0 fully saturated rings. The number of benzene rings is 1. The molecule has 0 aliphatic rings. The first kappa shape index (κ1) is 17.0. The summed E-state index contributed by atoms with van der Waals surface area (Å²) in [7, 11) is -3.14. The summed E-state index contributed by atoms with van der Waals surface area (Å²) in [5.41, 5.74) is 0.662. The minimum absolute atomic E-state index is 0.0183. The van der Waals surface area contributed by atoms with Crippen LogP contribution in [0.15, 0.2) is 16.6 Å². The molecule has 0 amide bonds. The van der Waals surface area contributed by atoms with Crippen LogP contribution in [0.1, 0.15) is 29.3 Å². The number of hydrogen-bond donors (Lipinski definition) is 1. The lowest BCUT2D eigenvalue weighted by Gasteiger charge is -2.12. The van der Waals surface area contributed by atoms with Crippen LogP contribution in [0.3, 0.4) is 0 Å². The van der Waals surface area contributed by atoms with Gasteiger partial charge in [-0.25, -0.2) is 13.2 Å². The first-order valence-corrected chi connectivity index (χ1v) is 8.75. The Morgan fingerprint density at radius 3 is 2.55 bits per heavy atom. The Morgan fingerprint density at radius 2 is 2.00 bits per heavy atom. The Morgan fingerprint density at radius 1 is 1.35 bits per heavy atom. The van der Waals surface area contributed by atoms with Gasteiger partial charge in [-0.15, -0.1) is 0 Å². The van der Waals surface area contributed by atoms with Crippen molar-refractivity contribution in [2.45, 2.75) is 20.3 Å². The largest absolute Gasteiger partial charge is 0.491 e. The van der Waals surface area contributed by atoms with Crippen molar-refractivity contribution in [3.05, 3.63) is 27.7 Å². The molecule has 1 N–H and O–H groups in total. The number of carbonyl (C=O) groups is 1. The van der Waals surface area contributed by atoms with Crippen LogP contribution in [0.4, 0.5) is 0 Å². The summed E-state index contributed by atoms with van der Waals surface area (Å²) in [4.78, 5) is 11.2. The summed E-state index contributed by atoms with van der Waals surface area (Å²) in [5, 5.41) is 9.14. The highest BCUT2D eigenvalue weighted by Crippen LogP contribution is 2.28. The van der Waals surface area contributed by atoms with E-state index in [4.69, 9.17) is 9.84 Å². The lowest BCUT2D eigenvalue weighted by atomic mass is 10.1. The maximum Gasteiger partial charge on any atom is 0.339 e. The SMILES string of the molecule is CCCS(=O)(=O)CCOc1c(C)cc(Br)cc1C(=O)O. The van der Waals surface area contributed by atoms with Gasteiger partial charge in [-0.3, -0.25) is 0 Å². The van der Waals surface area contributed by atoms with Gasteiger partial charge in [-0.05, 0) is 31.0 Å². The molecule has 1 aromatic carbocycles. The minimum Gasteiger partial charge on any atom is -0.491 e. The molecule has 20 heavy (non-hydrogen) atoms. The molecular formula is C13H17BrO5S. The average molecular weight is 365 g/mol. The molecule has 0 aromatic heterocycles. The molecule has 0 unspecified atom stereocenters. The fourth-order valence-corrected chi connectivity index (χ4v) is 3.50. The first-order chi connectivity index (χ1) is 9.26. The zero-order valence-corrected chi connectivity index (χ0v) is 13.8. The van der Waals surface area contributed by atoms with E-state index in [0.717, 1.165) is 0 Å². The third-order valence-corrected chi connectivity index (χ3v) is 4.90. The van der Waals surface area contributed by atoms with Crippen LogP contribution in [0.2, 0.25) is 0 Å². The maximum absolute atomic E-state index is 11.6.